The van der Waals surface area contributed by atoms with E-state index in [2.05, 4.69) is 236 Å². The van der Waals surface area contributed by atoms with Crippen molar-refractivity contribution in [1.29, 1.82) is 0 Å². The first kappa shape index (κ1) is 49.3. The van der Waals surface area contributed by atoms with E-state index in [0.717, 1.165) is 17.2 Å². The summed E-state index contributed by atoms with van der Waals surface area (Å²) in [7, 11) is 11.5. The van der Waals surface area contributed by atoms with Crippen molar-refractivity contribution < 1.29 is 13.5 Å². The summed E-state index contributed by atoms with van der Waals surface area (Å²) in [6.45, 7) is 22.9. The molecule has 1 heterocycles. The zero-order chi connectivity index (χ0) is 46.7. The van der Waals surface area contributed by atoms with Gasteiger partial charge in [0.2, 0.25) is 0 Å². The molecule has 1 fully saturated rings. The fourth-order valence-electron chi connectivity index (χ4n) is 9.01. The summed E-state index contributed by atoms with van der Waals surface area (Å²) in [6.07, 6.45) is 2.15. The summed E-state index contributed by atoms with van der Waals surface area (Å²) in [6, 6.07) is 64.9. The largest absolute Gasteiger partial charge is 0.102 e. The predicted molar refractivity (Wildman–Crippen MR) is 291 cm³/mol. The molecular weight excluding hydrogens is 952 g/mol. The number of hydrogen-bond donors (Lipinski definition) is 0. The standard InChI is InChI=1S/C27H39N2.C18H15P.C15H10.2ClH.Ru/c1-18(2)22-11-9-12-23(19(3)4)26(22)28-15-16-29(17-28)27-24(20(5)6)13-10-14-25(27)21(7)8;1-4-10-16(11-5-1)19(17-12-6-2-7-13-17)18-14-8-3-9-15-18;1-2-6-12(7-3-1)15-11-10-13-8-4-5-9-14(13)15;;;/h9-14,17-21H,15-16H2,1-8H3;1-15H;1-9,11H;2*1H;/q-1;;;;;+2/p-1. The Morgan fingerprint density at radius 2 is 0.758 bits per heavy atom. The molecule has 0 N–H and O–H groups in total. The summed E-state index contributed by atoms with van der Waals surface area (Å²) in [5, 5.41) is 4.31. The summed E-state index contributed by atoms with van der Waals surface area (Å²) in [5.41, 5.74) is 13.5. The predicted octanol–water partition coefficient (Wildman–Crippen LogP) is 15.4. The molecule has 0 bridgehead atoms. The Balaban J connectivity index is 0.000000153. The zero-order valence-electron chi connectivity index (χ0n) is 39.7. The second kappa shape index (κ2) is 23.4. The van der Waals surface area contributed by atoms with Gasteiger partial charge in [-0.3, -0.25) is 0 Å². The Kier molecular flexibility index (Phi) is 17.5. The van der Waals surface area contributed by atoms with Crippen molar-refractivity contribution >= 4 is 64.3 Å². The molecule has 0 saturated carbocycles. The van der Waals surface area contributed by atoms with Crippen LogP contribution in [0.2, 0.25) is 0 Å². The number of benzene rings is 7. The molecule has 0 aromatic heterocycles. The molecule has 6 heteroatoms. The van der Waals surface area contributed by atoms with Crippen molar-refractivity contribution in [2.75, 3.05) is 22.9 Å². The molecule has 1 aliphatic carbocycles. The second-order valence-electron chi connectivity index (χ2n) is 18.2. The van der Waals surface area contributed by atoms with Crippen molar-refractivity contribution in [2.24, 2.45) is 0 Å². The number of fused-ring (bicyclic) bond motifs is 1. The minimum absolute atomic E-state index is 0.514. The molecule has 342 valence electrons. The topological polar surface area (TPSA) is 6.48 Å². The molecule has 7 aromatic rings. The molecule has 1 aliphatic heterocycles. The monoisotopic (exact) mass is 1020 g/mol. The Morgan fingerprint density at radius 3 is 1.11 bits per heavy atom. The molecule has 7 aromatic carbocycles. The molecule has 2 aliphatic rings. The van der Waals surface area contributed by atoms with Crippen molar-refractivity contribution in [2.45, 2.75) is 79.1 Å². The number of hydrogen-bond acceptors (Lipinski definition) is 2. The number of rotatable bonds is 10. The molecule has 0 unspecified atom stereocenters. The summed E-state index contributed by atoms with van der Waals surface area (Å²) in [5.74, 6) is 2.06. The van der Waals surface area contributed by atoms with Gasteiger partial charge in [-0.1, -0.05) is 146 Å². The average molecular weight is 1020 g/mol. The van der Waals surface area contributed by atoms with E-state index in [1.54, 1.807) is 0 Å². The minimum Gasteiger partial charge on any atom is -0.0620 e. The number of nitrogens with zero attached hydrogens (tertiary/aromatic N) is 2. The molecule has 0 spiro atoms. The van der Waals surface area contributed by atoms with Crippen LogP contribution in [0.1, 0.15) is 118 Å². The van der Waals surface area contributed by atoms with Crippen molar-refractivity contribution in [3.8, 4) is 0 Å². The van der Waals surface area contributed by atoms with E-state index in [1.807, 2.05) is 24.3 Å². The number of allylic oxidation sites excluding steroid dienone is 1. The number of para-hydroxylation sites is 2. The van der Waals surface area contributed by atoms with Gasteiger partial charge in [0.1, 0.15) is 15.9 Å². The van der Waals surface area contributed by atoms with Crippen LogP contribution < -0.4 is 25.7 Å². The van der Waals surface area contributed by atoms with E-state index in [4.69, 9.17) is 19.4 Å². The second-order valence-corrected chi connectivity index (χ2v) is 26.4. The van der Waals surface area contributed by atoms with Gasteiger partial charge in [-0.05, 0) is 82.3 Å². The van der Waals surface area contributed by atoms with E-state index in [0.29, 0.717) is 23.7 Å². The molecule has 1 saturated heterocycles. The van der Waals surface area contributed by atoms with Gasteiger partial charge in [0.15, 0.2) is 0 Å². The van der Waals surface area contributed by atoms with Crippen LogP contribution in [0.5, 0.6) is 0 Å². The molecule has 0 amide bonds. The third-order valence-electron chi connectivity index (χ3n) is 12.3. The third-order valence-corrected chi connectivity index (χ3v) is 18.1. The van der Waals surface area contributed by atoms with Crippen LogP contribution >= 0.6 is 27.3 Å². The van der Waals surface area contributed by atoms with Crippen LogP contribution in [0.4, 0.5) is 11.4 Å². The van der Waals surface area contributed by atoms with E-state index in [9.17, 15) is 0 Å². The van der Waals surface area contributed by atoms with Crippen LogP contribution in [0, 0.1) is 6.67 Å². The van der Waals surface area contributed by atoms with E-state index in [-0.39, 0.29) is 0 Å². The maximum absolute atomic E-state index is 6.19. The van der Waals surface area contributed by atoms with Gasteiger partial charge in [-0.2, -0.15) is 6.67 Å². The van der Waals surface area contributed by atoms with Gasteiger partial charge in [-0.15, -0.1) is 0 Å². The Labute approximate surface area is 410 Å². The van der Waals surface area contributed by atoms with Crippen molar-refractivity contribution in [3.63, 3.8) is 0 Å². The van der Waals surface area contributed by atoms with Gasteiger partial charge in [0.05, 0.1) is 7.92 Å². The molecular formula is C60H65Cl2N2PRu. The zero-order valence-corrected chi connectivity index (χ0v) is 44.0. The first-order valence-electron chi connectivity index (χ1n) is 23.3. The first-order valence-corrected chi connectivity index (χ1v) is 30.2. The van der Waals surface area contributed by atoms with Gasteiger partial charge in [0, 0.05) is 24.5 Å². The van der Waals surface area contributed by atoms with Gasteiger partial charge in [0.25, 0.3) is 0 Å². The van der Waals surface area contributed by atoms with Gasteiger partial charge >= 0.3 is 120 Å². The maximum Gasteiger partial charge on any atom is 0.102 e. The van der Waals surface area contributed by atoms with E-state index < -0.39 is 21.4 Å². The fourth-order valence-corrected chi connectivity index (χ4v) is 14.1. The SMILES string of the molecule is CC(C)c1cccc(C(C)C)c1N1[CH-]N(c2c(C(C)C)cccc2C(C)C)CC1.[Cl][Ru]([Cl])=[C]1C=C(c2ccccc2)c2ccccc21.c1ccc([PH+](c2ccccc2)c2ccccc2)cc1. The minimum atomic E-state index is -1.88. The van der Waals surface area contributed by atoms with E-state index >= 15 is 0 Å². The average Bonchev–Trinajstić information content (AvgIpc) is 3.99. The molecule has 0 radical (unpaired) electrons. The van der Waals surface area contributed by atoms with Gasteiger partial charge in [-0.25, -0.2) is 0 Å². The van der Waals surface area contributed by atoms with Crippen molar-refractivity contribution in [1.82, 2.24) is 0 Å². The molecule has 9 rings (SSSR count). The smallest absolute Gasteiger partial charge is 0.0620 e. The van der Waals surface area contributed by atoms with E-state index in [1.165, 1.54) is 71.8 Å². The van der Waals surface area contributed by atoms with Gasteiger partial charge < -0.3 is 9.80 Å². The fraction of sp³-hybridized carbons (Fsp3) is 0.233. The summed E-state index contributed by atoms with van der Waals surface area (Å²) < 4.78 is 1.12. The van der Waals surface area contributed by atoms with Crippen LogP contribution in [0.25, 0.3) is 5.57 Å². The maximum atomic E-state index is 6.19. The van der Waals surface area contributed by atoms with Crippen LogP contribution in [-0.2, 0) is 13.5 Å². The van der Waals surface area contributed by atoms with Crippen LogP contribution in [0.15, 0.2) is 188 Å². The van der Waals surface area contributed by atoms with Crippen LogP contribution in [0.3, 0.4) is 0 Å². The first-order chi connectivity index (χ1) is 31.9. The third kappa shape index (κ3) is 11.7. The number of anilines is 2. The Hall–Kier alpha value is -4.62. The van der Waals surface area contributed by atoms with Crippen LogP contribution in [-0.4, -0.2) is 17.2 Å². The normalized spacial score (nSPS) is 13.5. The molecule has 66 heavy (non-hydrogen) atoms. The summed E-state index contributed by atoms with van der Waals surface area (Å²) >= 11 is -1.88. The Morgan fingerprint density at radius 1 is 0.424 bits per heavy atom. The number of halogens is 2. The molecule has 0 atom stereocenters. The quantitative estimate of drug-likeness (QED) is 0.0765. The summed E-state index contributed by atoms with van der Waals surface area (Å²) in [4.78, 5) is 5.01. The Bertz CT molecular complexity index is 2500. The molecule has 2 nitrogen and oxygen atoms in total. The van der Waals surface area contributed by atoms with Crippen molar-refractivity contribution in [3.05, 3.63) is 234 Å².